The average Bonchev–Trinajstić information content (AvgIpc) is 3.26. The van der Waals surface area contributed by atoms with Crippen LogP contribution in [0.5, 0.6) is 0 Å². The molecule has 4 saturated carbocycles. The monoisotopic (exact) mass is 432 g/mol. The third-order valence-corrected chi connectivity index (χ3v) is 10.0. The minimum absolute atomic E-state index is 0.00480. The van der Waals surface area contributed by atoms with Crippen molar-refractivity contribution in [2.75, 3.05) is 13.2 Å². The number of esters is 1. The van der Waals surface area contributed by atoms with Crippen molar-refractivity contribution < 1.29 is 28.6 Å². The van der Waals surface area contributed by atoms with E-state index in [9.17, 15) is 14.4 Å². The first-order chi connectivity index (χ1) is 14.6. The van der Waals surface area contributed by atoms with Crippen molar-refractivity contribution in [2.24, 2.45) is 40.4 Å². The van der Waals surface area contributed by atoms with Crippen molar-refractivity contribution >= 4 is 17.5 Å². The van der Waals surface area contributed by atoms with Crippen molar-refractivity contribution in [3.63, 3.8) is 0 Å². The molecule has 0 bridgehead atoms. The maximum Gasteiger partial charge on any atom is 0.302 e. The van der Waals surface area contributed by atoms with Crippen LogP contribution in [-0.4, -0.2) is 42.6 Å². The molecule has 4 aliphatic carbocycles. The maximum absolute atomic E-state index is 13.8. The highest BCUT2D eigenvalue weighted by Crippen LogP contribution is 2.68. The lowest BCUT2D eigenvalue weighted by molar-refractivity contribution is -0.234. The molecule has 5 fully saturated rings. The van der Waals surface area contributed by atoms with Crippen molar-refractivity contribution in [3.8, 4) is 0 Å². The normalized spacial score (nSPS) is 48.1. The fraction of sp³-hybridized carbons (Fsp3) is 0.880. The summed E-state index contributed by atoms with van der Waals surface area (Å²) in [5.41, 5.74) is -0.702. The molecule has 5 aliphatic rings. The first kappa shape index (κ1) is 21.6. The Balaban J connectivity index is 1.53. The predicted molar refractivity (Wildman–Crippen MR) is 112 cm³/mol. The molecule has 31 heavy (non-hydrogen) atoms. The molecule has 8 atom stereocenters. The van der Waals surface area contributed by atoms with Gasteiger partial charge in [0, 0.05) is 30.6 Å². The predicted octanol–water partition coefficient (Wildman–Crippen LogP) is 3.70. The van der Waals surface area contributed by atoms with Gasteiger partial charge in [-0.3, -0.25) is 14.4 Å². The Morgan fingerprint density at radius 1 is 1.00 bits per heavy atom. The standard InChI is InChI=1S/C25H36O6/c1-14(26)18-7-8-19-17-6-5-16-11-25(29-9-10-30-25)13-21(28)24(16,4)22(17)20(31-15(2)27)12-23(18,19)3/h16-20,22H,5-13H2,1-4H3/t16-,17-,18+,19-,20+,22+,23+,24+/m0/s1. The Kier molecular flexibility index (Phi) is 4.95. The highest BCUT2D eigenvalue weighted by Gasteiger charge is 2.68. The Hall–Kier alpha value is -1.27. The smallest absolute Gasteiger partial charge is 0.302 e. The van der Waals surface area contributed by atoms with Gasteiger partial charge in [0.2, 0.25) is 0 Å². The van der Waals surface area contributed by atoms with Crippen LogP contribution < -0.4 is 0 Å². The second-order valence-electron chi connectivity index (χ2n) is 11.4. The molecule has 0 N–H and O–H groups in total. The lowest BCUT2D eigenvalue weighted by atomic mass is 9.43. The molecule has 5 rings (SSSR count). The third-order valence-electron chi connectivity index (χ3n) is 10.0. The second-order valence-corrected chi connectivity index (χ2v) is 11.4. The Labute approximate surface area is 184 Å². The van der Waals surface area contributed by atoms with E-state index in [1.54, 1.807) is 6.92 Å². The molecule has 1 saturated heterocycles. The first-order valence-corrected chi connectivity index (χ1v) is 12.1. The van der Waals surface area contributed by atoms with Gasteiger partial charge in [0.05, 0.1) is 19.6 Å². The summed E-state index contributed by atoms with van der Waals surface area (Å²) in [5.74, 6) is 0.296. The molecular weight excluding hydrogens is 396 g/mol. The second kappa shape index (κ2) is 7.11. The third kappa shape index (κ3) is 3.00. The molecule has 0 aromatic rings. The molecule has 0 unspecified atom stereocenters. The van der Waals surface area contributed by atoms with E-state index < -0.39 is 11.2 Å². The van der Waals surface area contributed by atoms with Gasteiger partial charge in [-0.1, -0.05) is 13.8 Å². The van der Waals surface area contributed by atoms with Crippen LogP contribution in [0.3, 0.4) is 0 Å². The Bertz CT molecular complexity index is 800. The van der Waals surface area contributed by atoms with E-state index >= 15 is 0 Å². The minimum Gasteiger partial charge on any atom is -0.462 e. The van der Waals surface area contributed by atoms with Crippen LogP contribution in [0, 0.1) is 40.4 Å². The molecule has 1 heterocycles. The molecule has 6 nitrogen and oxygen atoms in total. The van der Waals surface area contributed by atoms with Crippen LogP contribution in [0.4, 0.5) is 0 Å². The summed E-state index contributed by atoms with van der Waals surface area (Å²) in [7, 11) is 0. The van der Waals surface area contributed by atoms with Crippen molar-refractivity contribution in [1.82, 2.24) is 0 Å². The molecular formula is C25H36O6. The minimum atomic E-state index is -0.749. The Morgan fingerprint density at radius 3 is 2.35 bits per heavy atom. The first-order valence-electron chi connectivity index (χ1n) is 12.1. The Morgan fingerprint density at radius 2 is 1.71 bits per heavy atom. The molecule has 0 aromatic heterocycles. The summed E-state index contributed by atoms with van der Waals surface area (Å²) < 4.78 is 17.8. The summed E-state index contributed by atoms with van der Waals surface area (Å²) >= 11 is 0. The lowest BCUT2D eigenvalue weighted by Crippen LogP contribution is -2.64. The number of ether oxygens (including phenoxy) is 3. The maximum atomic E-state index is 13.8. The van der Waals surface area contributed by atoms with Crippen molar-refractivity contribution in [3.05, 3.63) is 0 Å². The van der Waals surface area contributed by atoms with E-state index in [1.165, 1.54) is 6.92 Å². The summed E-state index contributed by atoms with van der Waals surface area (Å²) in [6.45, 7) is 8.61. The number of hydrogen-bond acceptors (Lipinski definition) is 6. The van der Waals surface area contributed by atoms with Crippen LogP contribution in [0.2, 0.25) is 0 Å². The average molecular weight is 433 g/mol. The highest BCUT2D eigenvalue weighted by atomic mass is 16.7. The topological polar surface area (TPSA) is 78.9 Å². The number of fused-ring (bicyclic) bond motifs is 5. The number of rotatable bonds is 2. The summed E-state index contributed by atoms with van der Waals surface area (Å²) in [6.07, 6.45) is 5.29. The van der Waals surface area contributed by atoms with Crippen LogP contribution in [0.25, 0.3) is 0 Å². The van der Waals surface area contributed by atoms with Crippen LogP contribution >= 0.6 is 0 Å². The molecule has 172 valence electrons. The summed E-state index contributed by atoms with van der Waals surface area (Å²) in [5, 5.41) is 0. The van der Waals surface area contributed by atoms with Gasteiger partial charge in [-0.25, -0.2) is 0 Å². The molecule has 0 radical (unpaired) electrons. The number of ketones is 2. The zero-order valence-electron chi connectivity index (χ0n) is 19.3. The summed E-state index contributed by atoms with van der Waals surface area (Å²) in [4.78, 5) is 38.4. The molecule has 0 aromatic carbocycles. The molecule has 6 heteroatoms. The van der Waals surface area contributed by atoms with E-state index in [1.807, 2.05) is 0 Å². The van der Waals surface area contributed by atoms with Crippen LogP contribution in [-0.2, 0) is 28.6 Å². The quantitative estimate of drug-likeness (QED) is 0.619. The van der Waals surface area contributed by atoms with E-state index in [0.717, 1.165) is 32.1 Å². The fourth-order valence-electron chi connectivity index (χ4n) is 8.85. The van der Waals surface area contributed by atoms with Crippen molar-refractivity contribution in [2.45, 2.75) is 84.5 Å². The number of carbonyl (C=O) groups excluding carboxylic acids is 3. The number of Topliss-reactive ketones (excluding diaryl/α,β-unsaturated/α-hetero) is 2. The van der Waals surface area contributed by atoms with Gasteiger partial charge < -0.3 is 14.2 Å². The van der Waals surface area contributed by atoms with Gasteiger partial charge in [-0.05, 0) is 62.2 Å². The van der Waals surface area contributed by atoms with Gasteiger partial charge in [0.25, 0.3) is 0 Å². The number of hydrogen-bond donors (Lipinski definition) is 0. The lowest BCUT2D eigenvalue weighted by Gasteiger charge is -2.62. The zero-order valence-corrected chi connectivity index (χ0v) is 19.3. The highest BCUT2D eigenvalue weighted by molar-refractivity contribution is 5.87. The largest absolute Gasteiger partial charge is 0.462 e. The number of carbonyl (C=O) groups is 3. The van der Waals surface area contributed by atoms with Gasteiger partial charge in [0.15, 0.2) is 5.79 Å². The van der Waals surface area contributed by atoms with Crippen LogP contribution in [0.1, 0.15) is 72.6 Å². The van der Waals surface area contributed by atoms with Gasteiger partial charge >= 0.3 is 5.97 Å². The van der Waals surface area contributed by atoms with E-state index in [-0.39, 0.29) is 53.2 Å². The van der Waals surface area contributed by atoms with Gasteiger partial charge in [-0.15, -0.1) is 0 Å². The molecule has 1 aliphatic heterocycles. The van der Waals surface area contributed by atoms with E-state index in [0.29, 0.717) is 31.5 Å². The molecule has 0 amide bonds. The van der Waals surface area contributed by atoms with E-state index in [4.69, 9.17) is 14.2 Å². The van der Waals surface area contributed by atoms with Gasteiger partial charge in [-0.2, -0.15) is 0 Å². The van der Waals surface area contributed by atoms with Crippen molar-refractivity contribution in [1.29, 1.82) is 0 Å². The summed E-state index contributed by atoms with van der Waals surface area (Å²) in [6, 6.07) is 0. The fourth-order valence-corrected chi connectivity index (χ4v) is 8.85. The van der Waals surface area contributed by atoms with E-state index in [2.05, 4.69) is 13.8 Å². The molecule has 1 spiro atoms. The SMILES string of the molecule is CC(=O)O[C@@H]1C[C@]2(C)[C@@H](C(C)=O)CC[C@H]2[C@@H]2CC[C@H]3CC4(CC(=O)[C@]3(C)[C@H]21)OCCO4. The van der Waals surface area contributed by atoms with Crippen LogP contribution in [0.15, 0.2) is 0 Å². The zero-order chi connectivity index (χ0) is 22.2. The van der Waals surface area contributed by atoms with Gasteiger partial charge in [0.1, 0.15) is 17.7 Å².